The molecule has 0 radical (unpaired) electrons. The van der Waals surface area contributed by atoms with Gasteiger partial charge in [0, 0.05) is 24.2 Å². The number of carbonyl (C=O) groups is 1. The molecule has 1 aromatic heterocycles. The molecule has 0 saturated carbocycles. The van der Waals surface area contributed by atoms with Crippen molar-refractivity contribution in [3.8, 4) is 5.69 Å². The Kier molecular flexibility index (Phi) is 5.78. The van der Waals surface area contributed by atoms with Gasteiger partial charge in [-0.15, -0.1) is 0 Å². The van der Waals surface area contributed by atoms with Crippen molar-refractivity contribution in [3.05, 3.63) is 92.9 Å². The van der Waals surface area contributed by atoms with Crippen molar-refractivity contribution >= 4 is 34.3 Å². The van der Waals surface area contributed by atoms with Gasteiger partial charge in [0.2, 0.25) is 0 Å². The fourth-order valence-electron chi connectivity index (χ4n) is 4.48. The topological polar surface area (TPSA) is 67.5 Å². The second-order valence-electron chi connectivity index (χ2n) is 8.56. The summed E-state index contributed by atoms with van der Waals surface area (Å²) in [4.78, 5) is 26.3. The van der Waals surface area contributed by atoms with Crippen molar-refractivity contribution in [2.24, 2.45) is 0 Å². The molecule has 0 spiro atoms. The number of fused-ring (bicyclic) bond motifs is 1. The Morgan fingerprint density at radius 1 is 1.00 bits per heavy atom. The lowest BCUT2D eigenvalue weighted by Gasteiger charge is -2.18. The number of hydrogen-bond donors (Lipinski definition) is 1. The Morgan fingerprint density at radius 2 is 1.69 bits per heavy atom. The highest BCUT2D eigenvalue weighted by Gasteiger charge is 2.38. The van der Waals surface area contributed by atoms with Crippen LogP contribution in [0, 0.1) is 11.6 Å². The van der Waals surface area contributed by atoms with Crippen LogP contribution >= 0.6 is 11.6 Å². The number of rotatable bonds is 5. The van der Waals surface area contributed by atoms with Crippen LogP contribution in [-0.4, -0.2) is 39.2 Å². The molecule has 11 heteroatoms. The first kappa shape index (κ1) is 23.9. The molecule has 1 N–H and O–H groups in total. The number of halogens is 5. The van der Waals surface area contributed by atoms with Gasteiger partial charge in [-0.2, -0.15) is 0 Å². The zero-order valence-electron chi connectivity index (χ0n) is 18.5. The van der Waals surface area contributed by atoms with E-state index in [0.717, 1.165) is 15.2 Å². The molecule has 0 unspecified atom stereocenters. The van der Waals surface area contributed by atoms with Crippen molar-refractivity contribution in [2.45, 2.75) is 18.9 Å². The Hall–Kier alpha value is -3.79. The molecule has 3 aromatic carbocycles. The van der Waals surface area contributed by atoms with E-state index < -0.39 is 41.3 Å². The minimum absolute atomic E-state index is 0.0725. The van der Waals surface area contributed by atoms with E-state index in [-0.39, 0.29) is 46.8 Å². The Morgan fingerprint density at radius 3 is 2.33 bits per heavy atom. The summed E-state index contributed by atoms with van der Waals surface area (Å²) < 4.78 is 59.4. The average Bonchev–Trinajstić information content (AvgIpc) is 3.34. The lowest BCUT2D eigenvalue weighted by atomic mass is 10.1. The fourth-order valence-corrected chi connectivity index (χ4v) is 4.63. The predicted molar refractivity (Wildman–Crippen MR) is 127 cm³/mol. The van der Waals surface area contributed by atoms with E-state index in [1.807, 2.05) is 0 Å². The van der Waals surface area contributed by atoms with Gasteiger partial charge >= 0.3 is 11.7 Å². The molecule has 2 heterocycles. The quantitative estimate of drug-likeness (QED) is 0.363. The molecule has 1 aliphatic heterocycles. The van der Waals surface area contributed by atoms with Crippen molar-refractivity contribution in [1.29, 1.82) is 0 Å². The molecule has 36 heavy (non-hydrogen) atoms. The molecule has 0 aliphatic carbocycles. The molecule has 5 rings (SSSR count). The number of hydrogen-bond acceptors (Lipinski definition) is 3. The highest BCUT2D eigenvalue weighted by molar-refractivity contribution is 6.31. The Balaban J connectivity index is 1.62. The van der Waals surface area contributed by atoms with Crippen LogP contribution in [-0.2, 0) is 6.54 Å². The number of benzene rings is 3. The lowest BCUT2D eigenvalue weighted by molar-refractivity contribution is 0.0257. The van der Waals surface area contributed by atoms with Crippen LogP contribution < -0.4 is 10.6 Å². The predicted octanol–water partition coefficient (Wildman–Crippen LogP) is 5.32. The summed E-state index contributed by atoms with van der Waals surface area (Å²) in [7, 11) is 0. The number of carboxylic acids is 1. The van der Waals surface area contributed by atoms with Crippen LogP contribution in [0.5, 0.6) is 0 Å². The second kappa shape index (κ2) is 8.70. The first-order valence-corrected chi connectivity index (χ1v) is 11.3. The number of alkyl halides is 2. The summed E-state index contributed by atoms with van der Waals surface area (Å²) in [5.74, 6) is -6.11. The number of aromatic carboxylic acids is 1. The van der Waals surface area contributed by atoms with Crippen LogP contribution in [0.3, 0.4) is 0 Å². The minimum Gasteiger partial charge on any atom is -0.478 e. The SMILES string of the molecule is O=C(O)c1cccc(Cn2c(=O)n(-c3ccc(N4CCC(F)(F)C4)cc3)c3c(F)c(Cl)ccc32)c1F. The largest absolute Gasteiger partial charge is 0.478 e. The van der Waals surface area contributed by atoms with E-state index in [1.54, 1.807) is 12.1 Å². The fraction of sp³-hybridized carbons (Fsp3) is 0.200. The zero-order chi connectivity index (χ0) is 25.8. The Bertz CT molecular complexity index is 1560. The number of aromatic nitrogens is 2. The molecule has 6 nitrogen and oxygen atoms in total. The van der Waals surface area contributed by atoms with Crippen molar-refractivity contribution in [3.63, 3.8) is 0 Å². The zero-order valence-corrected chi connectivity index (χ0v) is 19.3. The van der Waals surface area contributed by atoms with E-state index in [9.17, 15) is 27.9 Å². The van der Waals surface area contributed by atoms with Crippen LogP contribution in [0.15, 0.2) is 59.4 Å². The summed E-state index contributed by atoms with van der Waals surface area (Å²) in [6, 6.07) is 12.6. The molecular formula is C25H18ClF4N3O3. The summed E-state index contributed by atoms with van der Waals surface area (Å²) >= 11 is 5.99. The molecule has 1 aliphatic rings. The molecule has 1 saturated heterocycles. The third kappa shape index (κ3) is 4.01. The van der Waals surface area contributed by atoms with Crippen LogP contribution in [0.4, 0.5) is 23.2 Å². The van der Waals surface area contributed by atoms with Gasteiger partial charge in [-0.1, -0.05) is 23.7 Å². The van der Waals surface area contributed by atoms with Crippen molar-refractivity contribution in [2.75, 3.05) is 18.0 Å². The van der Waals surface area contributed by atoms with Crippen LogP contribution in [0.2, 0.25) is 5.02 Å². The van der Waals surface area contributed by atoms with Gasteiger partial charge in [-0.3, -0.25) is 9.13 Å². The molecule has 0 atom stereocenters. The van der Waals surface area contributed by atoms with Crippen LogP contribution in [0.1, 0.15) is 22.3 Å². The third-order valence-corrected chi connectivity index (χ3v) is 6.56. The van der Waals surface area contributed by atoms with E-state index in [0.29, 0.717) is 5.69 Å². The molecule has 186 valence electrons. The normalized spacial score (nSPS) is 15.1. The monoisotopic (exact) mass is 519 g/mol. The van der Waals surface area contributed by atoms with Gasteiger partial charge in [0.05, 0.1) is 34.9 Å². The van der Waals surface area contributed by atoms with Crippen LogP contribution in [0.25, 0.3) is 16.7 Å². The van der Waals surface area contributed by atoms with E-state index in [1.165, 1.54) is 41.3 Å². The van der Waals surface area contributed by atoms with E-state index >= 15 is 4.39 Å². The summed E-state index contributed by atoms with van der Waals surface area (Å²) in [5, 5.41) is 8.98. The summed E-state index contributed by atoms with van der Waals surface area (Å²) in [6.45, 7) is -0.606. The van der Waals surface area contributed by atoms with Gasteiger partial charge in [0.1, 0.15) is 11.3 Å². The standard InChI is InChI=1S/C25H18ClF4N3O3/c26-18-8-9-19-22(21(18)28)33(16-6-4-15(5-7-16)31-11-10-25(29,30)13-31)24(36)32(19)12-14-2-1-3-17(20(14)27)23(34)35/h1-9H,10-13H2,(H,34,35). The van der Waals surface area contributed by atoms with E-state index in [4.69, 9.17) is 11.6 Å². The van der Waals surface area contributed by atoms with Gasteiger partial charge < -0.3 is 10.0 Å². The molecule has 0 bridgehead atoms. The summed E-state index contributed by atoms with van der Waals surface area (Å²) in [6.07, 6.45) is -0.259. The van der Waals surface area contributed by atoms with Gasteiger partial charge in [0.25, 0.3) is 5.92 Å². The summed E-state index contributed by atoms with van der Waals surface area (Å²) in [5.41, 5.74) is -0.601. The smallest absolute Gasteiger partial charge is 0.338 e. The molecular weight excluding hydrogens is 502 g/mol. The van der Waals surface area contributed by atoms with Crippen molar-refractivity contribution in [1.82, 2.24) is 9.13 Å². The maximum Gasteiger partial charge on any atom is 0.338 e. The highest BCUT2D eigenvalue weighted by atomic mass is 35.5. The maximum absolute atomic E-state index is 15.2. The molecule has 1 fully saturated rings. The van der Waals surface area contributed by atoms with Crippen molar-refractivity contribution < 1.29 is 27.5 Å². The Labute approximate surface area is 206 Å². The first-order valence-electron chi connectivity index (χ1n) is 10.9. The molecule has 4 aromatic rings. The lowest BCUT2D eigenvalue weighted by Crippen LogP contribution is -2.25. The first-order chi connectivity index (χ1) is 17.1. The van der Waals surface area contributed by atoms with E-state index in [2.05, 4.69) is 0 Å². The highest BCUT2D eigenvalue weighted by Crippen LogP contribution is 2.32. The van der Waals surface area contributed by atoms with Gasteiger partial charge in [-0.05, 0) is 42.5 Å². The maximum atomic E-state index is 15.2. The third-order valence-electron chi connectivity index (χ3n) is 6.26. The second-order valence-corrected chi connectivity index (χ2v) is 8.97. The molecule has 0 amide bonds. The van der Waals surface area contributed by atoms with Gasteiger partial charge in [0.15, 0.2) is 5.82 Å². The number of carboxylic acid groups (broad SMARTS) is 1. The van der Waals surface area contributed by atoms with Gasteiger partial charge in [-0.25, -0.2) is 27.2 Å². The number of nitrogens with zero attached hydrogens (tertiary/aromatic N) is 3. The average molecular weight is 520 g/mol. The number of imidazole rings is 1. The minimum atomic E-state index is -2.78. The number of anilines is 1.